The van der Waals surface area contributed by atoms with Crippen molar-refractivity contribution < 1.29 is 0 Å². The first-order chi connectivity index (χ1) is 14.3. The molecule has 0 radical (unpaired) electrons. The quantitative estimate of drug-likeness (QED) is 0.686. The normalized spacial score (nSPS) is 17.2. The van der Waals surface area contributed by atoms with Crippen molar-refractivity contribution >= 4 is 5.57 Å². The summed E-state index contributed by atoms with van der Waals surface area (Å²) in [5, 5.41) is 0. The third kappa shape index (κ3) is 3.86. The largest absolute Gasteiger partial charge is 0.304 e. The minimum Gasteiger partial charge on any atom is -0.304 e. The molecule has 0 N–H and O–H groups in total. The van der Waals surface area contributed by atoms with Crippen LogP contribution in [-0.2, 0) is 13.0 Å². The Kier molecular flexibility index (Phi) is 4.96. The van der Waals surface area contributed by atoms with Crippen molar-refractivity contribution in [1.29, 1.82) is 0 Å². The lowest BCUT2D eigenvalue weighted by Crippen LogP contribution is -2.43. The predicted octanol–water partition coefficient (Wildman–Crippen LogP) is 3.88. The van der Waals surface area contributed by atoms with Crippen LogP contribution in [0.15, 0.2) is 67.1 Å². The molecule has 4 heteroatoms. The summed E-state index contributed by atoms with van der Waals surface area (Å²) < 4.78 is 0. The number of rotatable bonds is 4. The lowest BCUT2D eigenvalue weighted by Gasteiger charge is -2.32. The van der Waals surface area contributed by atoms with Gasteiger partial charge in [0.15, 0.2) is 0 Å². The van der Waals surface area contributed by atoms with Gasteiger partial charge in [0.2, 0.25) is 0 Å². The van der Waals surface area contributed by atoms with Crippen molar-refractivity contribution in [2.75, 3.05) is 33.2 Å². The second kappa shape index (κ2) is 7.90. The summed E-state index contributed by atoms with van der Waals surface area (Å²) in [5.41, 5.74) is 8.66. The van der Waals surface area contributed by atoms with Gasteiger partial charge < -0.3 is 4.90 Å². The maximum absolute atomic E-state index is 4.75. The van der Waals surface area contributed by atoms with Crippen LogP contribution in [0.5, 0.6) is 0 Å². The Morgan fingerprint density at radius 2 is 1.62 bits per heavy atom. The van der Waals surface area contributed by atoms with E-state index in [1.165, 1.54) is 33.4 Å². The molecule has 3 aromatic rings. The van der Waals surface area contributed by atoms with Gasteiger partial charge in [-0.05, 0) is 47.5 Å². The van der Waals surface area contributed by atoms with Crippen LogP contribution in [0, 0.1) is 0 Å². The van der Waals surface area contributed by atoms with E-state index in [1.54, 1.807) is 0 Å². The molecule has 1 aliphatic carbocycles. The maximum atomic E-state index is 4.75. The molecule has 0 unspecified atom stereocenters. The SMILES string of the molecule is CN1CCN(Cc2ccc(-c3cnc4c(c3)C(c3ccncc3)=CC4)cc2)CC1. The molecule has 146 valence electrons. The van der Waals surface area contributed by atoms with Gasteiger partial charge in [0.1, 0.15) is 0 Å². The third-order valence-electron chi connectivity index (χ3n) is 6.04. The van der Waals surface area contributed by atoms with E-state index in [0.717, 1.165) is 44.8 Å². The van der Waals surface area contributed by atoms with Crippen molar-refractivity contribution in [2.45, 2.75) is 13.0 Å². The fraction of sp³-hybridized carbons (Fsp3) is 0.280. The highest BCUT2D eigenvalue weighted by atomic mass is 15.2. The highest BCUT2D eigenvalue weighted by Gasteiger charge is 2.18. The van der Waals surface area contributed by atoms with E-state index in [2.05, 4.69) is 70.4 Å². The van der Waals surface area contributed by atoms with Crippen LogP contribution in [0.2, 0.25) is 0 Å². The van der Waals surface area contributed by atoms with Crippen molar-refractivity contribution in [3.63, 3.8) is 0 Å². The van der Waals surface area contributed by atoms with Crippen molar-refractivity contribution in [2.24, 2.45) is 0 Å². The molecule has 29 heavy (non-hydrogen) atoms. The highest BCUT2D eigenvalue weighted by molar-refractivity contribution is 5.85. The van der Waals surface area contributed by atoms with Gasteiger partial charge in [-0.1, -0.05) is 30.3 Å². The van der Waals surface area contributed by atoms with Crippen LogP contribution in [0.1, 0.15) is 22.4 Å². The topological polar surface area (TPSA) is 32.3 Å². The molecule has 1 fully saturated rings. The van der Waals surface area contributed by atoms with Crippen LogP contribution in [0.3, 0.4) is 0 Å². The lowest BCUT2D eigenvalue weighted by molar-refractivity contribution is 0.148. The third-order valence-corrected chi connectivity index (χ3v) is 6.04. The van der Waals surface area contributed by atoms with Gasteiger partial charge in [-0.3, -0.25) is 14.9 Å². The summed E-state index contributed by atoms with van der Waals surface area (Å²) in [6.45, 7) is 5.65. The van der Waals surface area contributed by atoms with Gasteiger partial charge >= 0.3 is 0 Å². The van der Waals surface area contributed by atoms with Gasteiger partial charge in [0.25, 0.3) is 0 Å². The van der Waals surface area contributed by atoms with Crippen LogP contribution in [0.4, 0.5) is 0 Å². The first kappa shape index (κ1) is 18.2. The molecule has 0 saturated carbocycles. The van der Waals surface area contributed by atoms with Gasteiger partial charge in [0, 0.05) is 68.9 Å². The van der Waals surface area contributed by atoms with Crippen LogP contribution in [-0.4, -0.2) is 53.0 Å². The maximum Gasteiger partial charge on any atom is 0.0520 e. The first-order valence-electron chi connectivity index (χ1n) is 10.4. The number of piperazine rings is 1. The Bertz CT molecular complexity index is 1020. The summed E-state index contributed by atoms with van der Waals surface area (Å²) in [5.74, 6) is 0. The molecule has 0 spiro atoms. The van der Waals surface area contributed by atoms with E-state index >= 15 is 0 Å². The number of fused-ring (bicyclic) bond motifs is 1. The first-order valence-corrected chi connectivity index (χ1v) is 10.4. The number of hydrogen-bond donors (Lipinski definition) is 0. The number of benzene rings is 1. The molecular formula is C25H26N4. The predicted molar refractivity (Wildman–Crippen MR) is 117 cm³/mol. The van der Waals surface area contributed by atoms with E-state index in [0.29, 0.717) is 0 Å². The number of likely N-dealkylation sites (N-methyl/N-ethyl adjacent to an activating group) is 1. The Morgan fingerprint density at radius 1 is 0.862 bits per heavy atom. The number of nitrogens with zero attached hydrogens (tertiary/aromatic N) is 4. The molecule has 4 nitrogen and oxygen atoms in total. The summed E-state index contributed by atoms with van der Waals surface area (Å²) in [7, 11) is 2.20. The van der Waals surface area contributed by atoms with Crippen LogP contribution >= 0.6 is 0 Å². The van der Waals surface area contributed by atoms with Crippen molar-refractivity contribution in [3.8, 4) is 11.1 Å². The Hall–Kier alpha value is -2.82. The number of aromatic nitrogens is 2. The minimum atomic E-state index is 0.900. The second-order valence-corrected chi connectivity index (χ2v) is 8.05. The smallest absolute Gasteiger partial charge is 0.0520 e. The summed E-state index contributed by atoms with van der Waals surface area (Å²) >= 11 is 0. The molecule has 5 rings (SSSR count). The molecule has 2 aromatic heterocycles. The zero-order chi connectivity index (χ0) is 19.6. The molecule has 0 amide bonds. The van der Waals surface area contributed by atoms with Crippen LogP contribution in [0.25, 0.3) is 16.7 Å². The van der Waals surface area contributed by atoms with E-state index in [4.69, 9.17) is 4.98 Å². The summed E-state index contributed by atoms with van der Waals surface area (Å²) in [4.78, 5) is 13.8. The fourth-order valence-corrected chi connectivity index (χ4v) is 4.23. The van der Waals surface area contributed by atoms with E-state index < -0.39 is 0 Å². The molecule has 1 aromatic carbocycles. The molecule has 0 atom stereocenters. The average Bonchev–Trinajstić information content (AvgIpc) is 3.20. The molecule has 3 heterocycles. The molecule has 0 bridgehead atoms. The molecular weight excluding hydrogens is 356 g/mol. The zero-order valence-corrected chi connectivity index (χ0v) is 16.9. The highest BCUT2D eigenvalue weighted by Crippen LogP contribution is 2.34. The minimum absolute atomic E-state index is 0.900. The number of allylic oxidation sites excluding steroid dienone is 1. The second-order valence-electron chi connectivity index (χ2n) is 8.05. The summed E-state index contributed by atoms with van der Waals surface area (Å²) in [6.07, 6.45) is 8.89. The standard InChI is InChI=1S/C25H26N4/c1-28-12-14-29(15-13-28)18-19-2-4-20(5-3-19)22-16-24-23(6-7-25(24)27-17-22)21-8-10-26-11-9-21/h2-6,8-11,16-17H,7,12-15,18H2,1H3. The van der Waals surface area contributed by atoms with Gasteiger partial charge in [0.05, 0.1) is 5.69 Å². The van der Waals surface area contributed by atoms with Gasteiger partial charge in [-0.15, -0.1) is 0 Å². The van der Waals surface area contributed by atoms with E-state index in [1.807, 2.05) is 18.6 Å². The Labute approximate surface area is 172 Å². The van der Waals surface area contributed by atoms with E-state index in [-0.39, 0.29) is 0 Å². The molecule has 2 aliphatic rings. The van der Waals surface area contributed by atoms with Crippen molar-refractivity contribution in [3.05, 3.63) is 89.5 Å². The Morgan fingerprint density at radius 3 is 2.38 bits per heavy atom. The average molecular weight is 383 g/mol. The molecule has 1 aliphatic heterocycles. The zero-order valence-electron chi connectivity index (χ0n) is 16.9. The lowest BCUT2D eigenvalue weighted by atomic mass is 9.98. The van der Waals surface area contributed by atoms with Crippen molar-refractivity contribution in [1.82, 2.24) is 19.8 Å². The molecule has 1 saturated heterocycles. The Balaban J connectivity index is 1.35. The monoisotopic (exact) mass is 382 g/mol. The summed E-state index contributed by atoms with van der Waals surface area (Å²) in [6, 6.07) is 15.4. The van der Waals surface area contributed by atoms with Gasteiger partial charge in [-0.25, -0.2) is 0 Å². The van der Waals surface area contributed by atoms with E-state index in [9.17, 15) is 0 Å². The number of pyridine rings is 2. The number of hydrogen-bond acceptors (Lipinski definition) is 4. The van der Waals surface area contributed by atoms with Gasteiger partial charge in [-0.2, -0.15) is 0 Å². The van der Waals surface area contributed by atoms with Crippen LogP contribution < -0.4 is 0 Å². The fourth-order valence-electron chi connectivity index (χ4n) is 4.23.